The first-order valence-corrected chi connectivity index (χ1v) is 5.26. The molecule has 1 rings (SSSR count). The van der Waals surface area contributed by atoms with Gasteiger partial charge in [0, 0.05) is 19.3 Å². The van der Waals surface area contributed by atoms with Crippen molar-refractivity contribution in [2.45, 2.75) is 32.2 Å². The van der Waals surface area contributed by atoms with E-state index in [1.165, 1.54) is 0 Å². The van der Waals surface area contributed by atoms with E-state index in [1.54, 1.807) is 6.92 Å². The Morgan fingerprint density at radius 1 is 1.47 bits per heavy atom. The number of hydrogen-bond donors (Lipinski definition) is 2. The molecule has 0 radical (unpaired) electrons. The number of carboxylic acids is 1. The van der Waals surface area contributed by atoms with Crippen LogP contribution in [0, 0.1) is 5.92 Å². The smallest absolute Gasteiger partial charge is 0.316 e. The molecule has 0 bridgehead atoms. The Kier molecular flexibility index (Phi) is 4.55. The molecular formula is C10H17NO4. The highest BCUT2D eigenvalue weighted by Gasteiger charge is 2.26. The molecule has 1 heterocycles. The van der Waals surface area contributed by atoms with Gasteiger partial charge in [0.05, 0.1) is 0 Å². The lowest BCUT2D eigenvalue weighted by molar-refractivity contribution is -0.147. The van der Waals surface area contributed by atoms with Crippen molar-refractivity contribution in [1.29, 1.82) is 0 Å². The Labute approximate surface area is 88.8 Å². The molecule has 15 heavy (non-hydrogen) atoms. The number of aliphatic carboxylic acids is 1. The number of ether oxygens (including phenoxy) is 1. The average molecular weight is 215 g/mol. The van der Waals surface area contributed by atoms with Crippen molar-refractivity contribution in [2.24, 2.45) is 5.92 Å². The zero-order valence-electron chi connectivity index (χ0n) is 8.86. The summed E-state index contributed by atoms with van der Waals surface area (Å²) >= 11 is 0. The fraction of sp³-hybridized carbons (Fsp3) is 0.800. The molecule has 0 aliphatic carbocycles. The standard InChI is InChI=1S/C10H17NO4/c1-2-8(10(13)14)9(12)11-7-3-5-15-6-4-7/h7-8H,2-6H2,1H3,(H,11,12)(H,13,14). The fourth-order valence-electron chi connectivity index (χ4n) is 1.62. The van der Waals surface area contributed by atoms with Gasteiger partial charge in [0.1, 0.15) is 5.92 Å². The third-order valence-corrected chi connectivity index (χ3v) is 2.59. The molecule has 1 aliphatic heterocycles. The van der Waals surface area contributed by atoms with Crippen LogP contribution in [0.4, 0.5) is 0 Å². The van der Waals surface area contributed by atoms with Crippen LogP contribution in [0.3, 0.4) is 0 Å². The molecular weight excluding hydrogens is 198 g/mol. The molecule has 1 amide bonds. The molecule has 1 saturated heterocycles. The molecule has 5 nitrogen and oxygen atoms in total. The van der Waals surface area contributed by atoms with Crippen LogP contribution in [0.25, 0.3) is 0 Å². The van der Waals surface area contributed by atoms with Crippen LogP contribution in [0.2, 0.25) is 0 Å². The molecule has 0 aromatic carbocycles. The highest BCUT2D eigenvalue weighted by atomic mass is 16.5. The van der Waals surface area contributed by atoms with Crippen molar-refractivity contribution in [3.8, 4) is 0 Å². The number of nitrogens with one attached hydrogen (secondary N) is 1. The van der Waals surface area contributed by atoms with Gasteiger partial charge in [0.2, 0.25) is 5.91 Å². The van der Waals surface area contributed by atoms with Crippen molar-refractivity contribution < 1.29 is 19.4 Å². The lowest BCUT2D eigenvalue weighted by Crippen LogP contribution is -2.43. The minimum atomic E-state index is -1.05. The summed E-state index contributed by atoms with van der Waals surface area (Å²) in [7, 11) is 0. The molecule has 2 N–H and O–H groups in total. The van der Waals surface area contributed by atoms with Crippen LogP contribution >= 0.6 is 0 Å². The van der Waals surface area contributed by atoms with Gasteiger partial charge < -0.3 is 15.2 Å². The second kappa shape index (κ2) is 5.70. The van der Waals surface area contributed by atoms with Crippen LogP contribution in [0.15, 0.2) is 0 Å². The summed E-state index contributed by atoms with van der Waals surface area (Å²) < 4.78 is 5.15. The van der Waals surface area contributed by atoms with Gasteiger partial charge >= 0.3 is 5.97 Å². The molecule has 1 unspecified atom stereocenters. The van der Waals surface area contributed by atoms with Crippen LogP contribution < -0.4 is 5.32 Å². The first-order valence-electron chi connectivity index (χ1n) is 5.26. The van der Waals surface area contributed by atoms with Crippen LogP contribution in [-0.2, 0) is 14.3 Å². The van der Waals surface area contributed by atoms with E-state index in [0.717, 1.165) is 12.8 Å². The van der Waals surface area contributed by atoms with Gasteiger partial charge in [-0.2, -0.15) is 0 Å². The zero-order chi connectivity index (χ0) is 11.3. The normalized spacial score (nSPS) is 19.5. The largest absolute Gasteiger partial charge is 0.481 e. The molecule has 0 spiro atoms. The van der Waals surface area contributed by atoms with Crippen LogP contribution in [0.5, 0.6) is 0 Å². The predicted molar refractivity (Wildman–Crippen MR) is 53.4 cm³/mol. The Balaban J connectivity index is 2.42. The summed E-state index contributed by atoms with van der Waals surface area (Å²) in [4.78, 5) is 22.3. The van der Waals surface area contributed by atoms with E-state index in [1.807, 2.05) is 0 Å². The van der Waals surface area contributed by atoms with Crippen molar-refractivity contribution in [1.82, 2.24) is 5.32 Å². The van der Waals surface area contributed by atoms with E-state index in [9.17, 15) is 9.59 Å². The van der Waals surface area contributed by atoms with Gasteiger partial charge in [-0.15, -0.1) is 0 Å². The maximum absolute atomic E-state index is 11.6. The summed E-state index contributed by atoms with van der Waals surface area (Å²) in [5.74, 6) is -2.35. The minimum Gasteiger partial charge on any atom is -0.481 e. The van der Waals surface area contributed by atoms with Gasteiger partial charge in [-0.1, -0.05) is 6.92 Å². The SMILES string of the molecule is CCC(C(=O)O)C(=O)NC1CCOCC1. The van der Waals surface area contributed by atoms with Crippen molar-refractivity contribution in [2.75, 3.05) is 13.2 Å². The lowest BCUT2D eigenvalue weighted by atomic mass is 10.0. The molecule has 1 fully saturated rings. The van der Waals surface area contributed by atoms with E-state index in [-0.39, 0.29) is 11.9 Å². The first-order chi connectivity index (χ1) is 7.15. The number of carboxylic acid groups (broad SMARTS) is 1. The van der Waals surface area contributed by atoms with Gasteiger partial charge in [-0.25, -0.2) is 0 Å². The van der Waals surface area contributed by atoms with Crippen molar-refractivity contribution in [3.63, 3.8) is 0 Å². The molecule has 5 heteroatoms. The van der Waals surface area contributed by atoms with Crippen LogP contribution in [0.1, 0.15) is 26.2 Å². The average Bonchev–Trinajstić information content (AvgIpc) is 2.19. The highest BCUT2D eigenvalue weighted by molar-refractivity contribution is 5.96. The molecule has 1 atom stereocenters. The number of amides is 1. The van der Waals surface area contributed by atoms with Crippen molar-refractivity contribution in [3.05, 3.63) is 0 Å². The number of carbonyl (C=O) groups is 2. The summed E-state index contributed by atoms with van der Waals surface area (Å²) in [6.45, 7) is 2.96. The number of rotatable bonds is 4. The Morgan fingerprint density at radius 2 is 2.07 bits per heavy atom. The third kappa shape index (κ3) is 3.51. The highest BCUT2D eigenvalue weighted by Crippen LogP contribution is 2.09. The molecule has 1 aliphatic rings. The third-order valence-electron chi connectivity index (χ3n) is 2.59. The van der Waals surface area contributed by atoms with E-state index >= 15 is 0 Å². The summed E-state index contributed by atoms with van der Waals surface area (Å²) in [6.07, 6.45) is 1.86. The molecule has 86 valence electrons. The van der Waals surface area contributed by atoms with Gasteiger partial charge in [0.15, 0.2) is 0 Å². The topological polar surface area (TPSA) is 75.6 Å². The lowest BCUT2D eigenvalue weighted by Gasteiger charge is -2.24. The summed E-state index contributed by atoms with van der Waals surface area (Å²) in [5.41, 5.74) is 0. The van der Waals surface area contributed by atoms with Gasteiger partial charge in [-0.3, -0.25) is 9.59 Å². The monoisotopic (exact) mass is 215 g/mol. The number of carbonyl (C=O) groups excluding carboxylic acids is 1. The van der Waals surface area contributed by atoms with Gasteiger partial charge in [0.25, 0.3) is 0 Å². The Bertz CT molecular complexity index is 236. The quantitative estimate of drug-likeness (QED) is 0.665. The number of hydrogen-bond acceptors (Lipinski definition) is 3. The van der Waals surface area contributed by atoms with Crippen LogP contribution in [-0.4, -0.2) is 36.2 Å². The molecule has 0 aromatic rings. The van der Waals surface area contributed by atoms with E-state index in [2.05, 4.69) is 5.32 Å². The van der Waals surface area contributed by atoms with E-state index < -0.39 is 11.9 Å². The maximum atomic E-state index is 11.6. The van der Waals surface area contributed by atoms with E-state index in [0.29, 0.717) is 19.6 Å². The fourth-order valence-corrected chi connectivity index (χ4v) is 1.62. The summed E-state index contributed by atoms with van der Waals surface area (Å²) in [6, 6.07) is 0.0691. The summed E-state index contributed by atoms with van der Waals surface area (Å²) in [5, 5.41) is 11.5. The van der Waals surface area contributed by atoms with Crippen molar-refractivity contribution >= 4 is 11.9 Å². The predicted octanol–water partition coefficient (Wildman–Crippen LogP) is 0.392. The minimum absolute atomic E-state index is 0.0691. The van der Waals surface area contributed by atoms with E-state index in [4.69, 9.17) is 9.84 Å². The zero-order valence-corrected chi connectivity index (χ0v) is 8.86. The second-order valence-electron chi connectivity index (χ2n) is 3.69. The maximum Gasteiger partial charge on any atom is 0.316 e. The van der Waals surface area contributed by atoms with Gasteiger partial charge in [-0.05, 0) is 19.3 Å². The molecule has 0 aromatic heterocycles. The second-order valence-corrected chi connectivity index (χ2v) is 3.69. The Morgan fingerprint density at radius 3 is 2.53 bits per heavy atom. The Hall–Kier alpha value is -1.10. The molecule has 0 saturated carbocycles. The first kappa shape index (κ1) is 12.0.